The molecule has 2 aromatic carbocycles. The van der Waals surface area contributed by atoms with Gasteiger partial charge in [0.2, 0.25) is 20.0 Å². The lowest BCUT2D eigenvalue weighted by Crippen LogP contribution is -2.27. The molecule has 4 heterocycles. The van der Waals surface area contributed by atoms with Gasteiger partial charge in [0, 0.05) is 36.9 Å². The maximum absolute atomic E-state index is 12.9. The van der Waals surface area contributed by atoms with E-state index in [1.54, 1.807) is 30.5 Å². The van der Waals surface area contributed by atoms with Gasteiger partial charge in [0.05, 0.1) is 16.3 Å². The Labute approximate surface area is 204 Å². The van der Waals surface area contributed by atoms with Crippen LogP contribution >= 0.6 is 0 Å². The number of rotatable bonds is 5. The minimum absolute atomic E-state index is 0.208. The van der Waals surface area contributed by atoms with Gasteiger partial charge in [0.1, 0.15) is 5.65 Å². The molecule has 1 saturated heterocycles. The van der Waals surface area contributed by atoms with E-state index in [1.165, 1.54) is 8.61 Å². The van der Waals surface area contributed by atoms with E-state index in [1.807, 2.05) is 36.4 Å². The molecular weight excluding hydrogens is 484 g/mol. The van der Waals surface area contributed by atoms with E-state index >= 15 is 0 Å². The summed E-state index contributed by atoms with van der Waals surface area (Å²) >= 11 is 0. The summed E-state index contributed by atoms with van der Waals surface area (Å²) in [5, 5.41) is 0.853. The van der Waals surface area contributed by atoms with Crippen LogP contribution in [0, 0.1) is 0 Å². The first kappa shape index (κ1) is 22.4. The van der Waals surface area contributed by atoms with Crippen LogP contribution in [0.15, 0.2) is 76.7 Å². The molecule has 4 aromatic rings. The predicted octanol–water partition coefficient (Wildman–Crippen LogP) is 3.72. The normalized spacial score (nSPS) is 18.3. The molecule has 8 nitrogen and oxygen atoms in total. The third-order valence-corrected chi connectivity index (χ3v) is 10.5. The molecule has 0 saturated carbocycles. The Morgan fingerprint density at radius 2 is 1.71 bits per heavy atom. The average Bonchev–Trinajstić information content (AvgIpc) is 3.58. The number of nitrogens with one attached hydrogen (secondary N) is 1. The SMILES string of the molecule is O=S(=O)(c1ccc(-c2ccnc3[nH]c(CN4Cc5ccccc5S4(=O)=O)cc23)cc1)N1CCCC1. The van der Waals surface area contributed by atoms with Gasteiger partial charge >= 0.3 is 0 Å². The van der Waals surface area contributed by atoms with Crippen LogP contribution in [0.5, 0.6) is 0 Å². The van der Waals surface area contributed by atoms with Crippen molar-refractivity contribution in [2.24, 2.45) is 0 Å². The third-order valence-electron chi connectivity index (χ3n) is 6.74. The summed E-state index contributed by atoms with van der Waals surface area (Å²) in [5.41, 5.74) is 3.95. The first-order chi connectivity index (χ1) is 16.8. The highest BCUT2D eigenvalue weighted by atomic mass is 32.2. The van der Waals surface area contributed by atoms with Crippen LogP contribution < -0.4 is 0 Å². The zero-order valence-corrected chi connectivity index (χ0v) is 20.5. The van der Waals surface area contributed by atoms with Crippen molar-refractivity contribution in [2.45, 2.75) is 35.7 Å². The van der Waals surface area contributed by atoms with Gasteiger partial charge in [-0.05, 0) is 59.9 Å². The van der Waals surface area contributed by atoms with Crippen LogP contribution in [0.4, 0.5) is 0 Å². The van der Waals surface area contributed by atoms with Crippen LogP contribution in [0.25, 0.3) is 22.2 Å². The second kappa shape index (κ2) is 8.27. The van der Waals surface area contributed by atoms with E-state index in [9.17, 15) is 16.8 Å². The van der Waals surface area contributed by atoms with Gasteiger partial charge in [0.25, 0.3) is 0 Å². The van der Waals surface area contributed by atoms with E-state index < -0.39 is 20.0 Å². The highest BCUT2D eigenvalue weighted by Crippen LogP contribution is 2.33. The number of benzene rings is 2. The van der Waals surface area contributed by atoms with Gasteiger partial charge < -0.3 is 4.98 Å². The van der Waals surface area contributed by atoms with Gasteiger partial charge in [-0.1, -0.05) is 30.3 Å². The molecule has 1 fully saturated rings. The molecule has 2 aliphatic heterocycles. The number of aromatic amines is 1. The number of H-pyrrole nitrogens is 1. The molecule has 35 heavy (non-hydrogen) atoms. The van der Waals surface area contributed by atoms with E-state index in [0.29, 0.717) is 35.1 Å². The number of hydrogen-bond acceptors (Lipinski definition) is 5. The Balaban J connectivity index is 1.30. The van der Waals surface area contributed by atoms with Crippen LogP contribution in [-0.2, 0) is 33.1 Å². The first-order valence-corrected chi connectivity index (χ1v) is 14.4. The van der Waals surface area contributed by atoms with Crippen molar-refractivity contribution in [2.75, 3.05) is 13.1 Å². The van der Waals surface area contributed by atoms with Gasteiger partial charge in [-0.3, -0.25) is 0 Å². The number of fused-ring (bicyclic) bond motifs is 2. The average molecular weight is 509 g/mol. The first-order valence-electron chi connectivity index (χ1n) is 11.5. The van der Waals surface area contributed by atoms with Crippen molar-refractivity contribution < 1.29 is 16.8 Å². The van der Waals surface area contributed by atoms with E-state index in [4.69, 9.17) is 0 Å². The number of sulfonamides is 2. The van der Waals surface area contributed by atoms with Gasteiger partial charge in [-0.2, -0.15) is 8.61 Å². The van der Waals surface area contributed by atoms with Crippen molar-refractivity contribution in [3.63, 3.8) is 0 Å². The maximum atomic E-state index is 12.9. The van der Waals surface area contributed by atoms with Crippen molar-refractivity contribution in [1.29, 1.82) is 0 Å². The molecule has 6 rings (SSSR count). The Bertz CT molecular complexity index is 1640. The van der Waals surface area contributed by atoms with E-state index in [2.05, 4.69) is 9.97 Å². The highest BCUT2D eigenvalue weighted by Gasteiger charge is 2.34. The van der Waals surface area contributed by atoms with Gasteiger partial charge in [-0.15, -0.1) is 0 Å². The van der Waals surface area contributed by atoms with Crippen LogP contribution in [0.1, 0.15) is 24.1 Å². The molecular formula is C25H24N4O4S2. The molecule has 0 atom stereocenters. The molecule has 1 N–H and O–H groups in total. The van der Waals surface area contributed by atoms with Crippen molar-refractivity contribution in [1.82, 2.24) is 18.6 Å². The lowest BCUT2D eigenvalue weighted by Gasteiger charge is -2.15. The quantitative estimate of drug-likeness (QED) is 0.443. The lowest BCUT2D eigenvalue weighted by atomic mass is 10.0. The van der Waals surface area contributed by atoms with Crippen molar-refractivity contribution in [3.05, 3.63) is 78.1 Å². The topological polar surface area (TPSA) is 103 Å². The Morgan fingerprint density at radius 3 is 2.46 bits per heavy atom. The highest BCUT2D eigenvalue weighted by molar-refractivity contribution is 7.89. The second-order valence-corrected chi connectivity index (χ2v) is 12.8. The molecule has 180 valence electrons. The molecule has 2 aliphatic rings. The van der Waals surface area contributed by atoms with Crippen LogP contribution in [-0.4, -0.2) is 48.5 Å². The fourth-order valence-corrected chi connectivity index (χ4v) is 8.06. The molecule has 0 bridgehead atoms. The fraction of sp³-hybridized carbons (Fsp3) is 0.240. The summed E-state index contributed by atoms with van der Waals surface area (Å²) in [6.45, 7) is 1.68. The summed E-state index contributed by atoms with van der Waals surface area (Å²) in [7, 11) is -7.01. The smallest absolute Gasteiger partial charge is 0.244 e. The lowest BCUT2D eigenvalue weighted by molar-refractivity contribution is 0.416. The monoisotopic (exact) mass is 508 g/mol. The Kier molecular flexibility index (Phi) is 5.29. The van der Waals surface area contributed by atoms with Crippen LogP contribution in [0.2, 0.25) is 0 Å². The van der Waals surface area contributed by atoms with Gasteiger partial charge in [0.15, 0.2) is 0 Å². The fourth-order valence-electron chi connectivity index (χ4n) is 4.93. The number of hydrogen-bond donors (Lipinski definition) is 1. The second-order valence-electron chi connectivity index (χ2n) is 8.93. The summed E-state index contributed by atoms with van der Waals surface area (Å²) in [5.74, 6) is 0. The molecule has 10 heteroatoms. The predicted molar refractivity (Wildman–Crippen MR) is 132 cm³/mol. The zero-order chi connectivity index (χ0) is 24.2. The number of pyridine rings is 1. The minimum atomic E-state index is -3.54. The van der Waals surface area contributed by atoms with Crippen molar-refractivity contribution in [3.8, 4) is 11.1 Å². The number of nitrogens with zero attached hydrogens (tertiary/aromatic N) is 3. The van der Waals surface area contributed by atoms with E-state index in [0.717, 1.165) is 40.6 Å². The largest absolute Gasteiger partial charge is 0.342 e. The van der Waals surface area contributed by atoms with Gasteiger partial charge in [-0.25, -0.2) is 21.8 Å². The summed E-state index contributed by atoms with van der Waals surface area (Å²) in [6.07, 6.45) is 3.48. The minimum Gasteiger partial charge on any atom is -0.342 e. The summed E-state index contributed by atoms with van der Waals surface area (Å²) in [6, 6.07) is 17.8. The molecule has 0 radical (unpaired) electrons. The van der Waals surface area contributed by atoms with Crippen LogP contribution in [0.3, 0.4) is 0 Å². The Hall–Kier alpha value is -3.05. The molecule has 0 amide bonds. The molecule has 0 spiro atoms. The molecule has 2 aromatic heterocycles. The van der Waals surface area contributed by atoms with Crippen molar-refractivity contribution >= 4 is 31.1 Å². The maximum Gasteiger partial charge on any atom is 0.244 e. The molecule has 0 unspecified atom stereocenters. The molecule has 0 aliphatic carbocycles. The zero-order valence-electron chi connectivity index (χ0n) is 18.9. The summed E-state index contributed by atoms with van der Waals surface area (Å²) in [4.78, 5) is 8.33. The number of aromatic nitrogens is 2. The third kappa shape index (κ3) is 3.77. The Morgan fingerprint density at radius 1 is 0.971 bits per heavy atom. The standard InChI is InChI=1S/C25H24N4O4S2/c30-34(31,28-13-3-4-14-28)21-9-7-18(8-10-21)22-11-12-26-25-23(22)15-20(27-25)17-29-16-19-5-1-2-6-24(19)35(29,32)33/h1-2,5-12,15H,3-4,13-14,16-17H2,(H,26,27). The van der Waals surface area contributed by atoms with E-state index in [-0.39, 0.29) is 6.54 Å². The summed E-state index contributed by atoms with van der Waals surface area (Å²) < 4.78 is 54.6.